The average Bonchev–Trinajstić information content (AvgIpc) is 2.96. The van der Waals surface area contributed by atoms with Crippen LogP contribution in [0.2, 0.25) is 0 Å². The molecule has 0 saturated carbocycles. The topological polar surface area (TPSA) is 20.3 Å². The number of carbonyl (C=O) groups excluding carboxylic acids is 1. The third-order valence-corrected chi connectivity index (χ3v) is 7.27. The zero-order chi connectivity index (χ0) is 22.4. The van der Waals surface area contributed by atoms with E-state index in [1.54, 1.807) is 0 Å². The SMILES string of the molecule is CC[N+]1(C2CCN(c3c(C)cc(C)cc3C)C2=O)CCCCCC1.Cc1ccccc1.[Y]. The zero-order valence-electron chi connectivity index (χ0n) is 20.9. The Bertz CT molecular complexity index is 849. The first-order valence-corrected chi connectivity index (χ1v) is 12.1. The molecule has 2 aliphatic heterocycles. The first-order chi connectivity index (χ1) is 14.9. The number of nitrogens with zero attached hydrogens (tertiary/aromatic N) is 2. The number of likely N-dealkylation sites (N-methyl/N-ethyl adjacent to an activating group) is 1. The molecule has 171 valence electrons. The summed E-state index contributed by atoms with van der Waals surface area (Å²) in [6.45, 7) is 15.1. The molecule has 0 spiro atoms. The van der Waals surface area contributed by atoms with Gasteiger partial charge in [-0.2, -0.15) is 0 Å². The molecule has 0 aromatic heterocycles. The molecular weight excluding hydrogens is 469 g/mol. The smallest absolute Gasteiger partial charge is 0.285 e. The number of hydrogen-bond acceptors (Lipinski definition) is 1. The fourth-order valence-corrected chi connectivity index (χ4v) is 5.69. The van der Waals surface area contributed by atoms with Crippen molar-refractivity contribution in [1.29, 1.82) is 0 Å². The molecule has 4 rings (SSSR count). The van der Waals surface area contributed by atoms with Crippen LogP contribution < -0.4 is 4.90 Å². The Morgan fingerprint density at radius 3 is 1.91 bits per heavy atom. The molecule has 0 N–H and O–H groups in total. The van der Waals surface area contributed by atoms with Crippen LogP contribution in [-0.2, 0) is 37.5 Å². The molecule has 2 fully saturated rings. The Balaban J connectivity index is 0.000000388. The van der Waals surface area contributed by atoms with Gasteiger partial charge in [-0.25, -0.2) is 0 Å². The minimum atomic E-state index is 0. The number of hydrogen-bond donors (Lipinski definition) is 0. The first-order valence-electron chi connectivity index (χ1n) is 12.1. The monoisotopic (exact) mass is 510 g/mol. The van der Waals surface area contributed by atoms with Gasteiger partial charge in [-0.05, 0) is 71.4 Å². The number of quaternary nitrogens is 1. The number of benzene rings is 2. The van der Waals surface area contributed by atoms with E-state index in [0.29, 0.717) is 5.91 Å². The molecule has 2 saturated heterocycles. The van der Waals surface area contributed by atoms with Gasteiger partial charge in [-0.3, -0.25) is 4.79 Å². The van der Waals surface area contributed by atoms with E-state index in [1.807, 2.05) is 18.2 Å². The molecule has 2 aliphatic rings. The van der Waals surface area contributed by atoms with Crippen LogP contribution in [0.15, 0.2) is 42.5 Å². The second-order valence-electron chi connectivity index (χ2n) is 9.59. The minimum Gasteiger partial charge on any atom is -0.314 e. The van der Waals surface area contributed by atoms with Crippen molar-refractivity contribution in [3.05, 3.63) is 64.7 Å². The molecule has 2 aromatic carbocycles. The number of amides is 1. The molecular formula is C28H41N2OY+. The number of likely N-dealkylation sites (tertiary alicyclic amines) is 1. The molecule has 1 atom stereocenters. The van der Waals surface area contributed by atoms with Crippen LogP contribution in [0.4, 0.5) is 5.69 Å². The zero-order valence-corrected chi connectivity index (χ0v) is 23.7. The predicted molar refractivity (Wildman–Crippen MR) is 132 cm³/mol. The van der Waals surface area contributed by atoms with E-state index >= 15 is 0 Å². The number of carbonyl (C=O) groups is 1. The molecule has 4 heteroatoms. The third-order valence-electron chi connectivity index (χ3n) is 7.27. The Hall–Kier alpha value is -1.03. The summed E-state index contributed by atoms with van der Waals surface area (Å²) in [6.07, 6.45) is 6.24. The van der Waals surface area contributed by atoms with Crippen LogP contribution >= 0.6 is 0 Å². The van der Waals surface area contributed by atoms with E-state index in [4.69, 9.17) is 0 Å². The summed E-state index contributed by atoms with van der Waals surface area (Å²) in [5.74, 6) is 0.369. The van der Waals surface area contributed by atoms with Crippen molar-refractivity contribution in [2.75, 3.05) is 31.1 Å². The second-order valence-corrected chi connectivity index (χ2v) is 9.59. The minimum absolute atomic E-state index is 0. The van der Waals surface area contributed by atoms with E-state index in [0.717, 1.165) is 29.7 Å². The Labute approximate surface area is 221 Å². The van der Waals surface area contributed by atoms with E-state index in [9.17, 15) is 4.79 Å². The van der Waals surface area contributed by atoms with Crippen LogP contribution in [0.1, 0.15) is 61.3 Å². The fraction of sp³-hybridized carbons (Fsp3) is 0.536. The van der Waals surface area contributed by atoms with Crippen molar-refractivity contribution in [1.82, 2.24) is 0 Å². The van der Waals surface area contributed by atoms with Crippen molar-refractivity contribution in [2.24, 2.45) is 0 Å². The molecule has 0 aliphatic carbocycles. The van der Waals surface area contributed by atoms with Crippen LogP contribution in [0, 0.1) is 27.7 Å². The maximum Gasteiger partial charge on any atom is 0.285 e. The summed E-state index contributed by atoms with van der Waals surface area (Å²) >= 11 is 0. The third kappa shape index (κ3) is 6.30. The molecule has 3 nitrogen and oxygen atoms in total. The van der Waals surface area contributed by atoms with Crippen LogP contribution in [0.5, 0.6) is 0 Å². The van der Waals surface area contributed by atoms with Gasteiger partial charge in [0.05, 0.1) is 19.6 Å². The summed E-state index contributed by atoms with van der Waals surface area (Å²) in [5.41, 5.74) is 6.24. The van der Waals surface area contributed by atoms with Crippen molar-refractivity contribution in [3.63, 3.8) is 0 Å². The molecule has 2 aromatic rings. The van der Waals surface area contributed by atoms with Gasteiger partial charge in [0.1, 0.15) is 0 Å². The summed E-state index contributed by atoms with van der Waals surface area (Å²) in [7, 11) is 0. The number of anilines is 1. The van der Waals surface area contributed by atoms with Crippen LogP contribution in [0.3, 0.4) is 0 Å². The molecule has 32 heavy (non-hydrogen) atoms. The van der Waals surface area contributed by atoms with Crippen molar-refractivity contribution < 1.29 is 42.0 Å². The summed E-state index contributed by atoms with van der Waals surface area (Å²) < 4.78 is 1.03. The van der Waals surface area contributed by atoms with Crippen molar-refractivity contribution in [3.8, 4) is 0 Å². The summed E-state index contributed by atoms with van der Waals surface area (Å²) in [4.78, 5) is 15.5. The maximum atomic E-state index is 13.4. The van der Waals surface area contributed by atoms with E-state index < -0.39 is 0 Å². The molecule has 1 amide bonds. The Morgan fingerprint density at radius 2 is 1.44 bits per heavy atom. The van der Waals surface area contributed by atoms with Crippen molar-refractivity contribution in [2.45, 2.75) is 72.8 Å². The predicted octanol–water partition coefficient (Wildman–Crippen LogP) is 6.12. The number of rotatable bonds is 3. The summed E-state index contributed by atoms with van der Waals surface area (Å²) in [6, 6.07) is 14.9. The molecule has 0 bridgehead atoms. The van der Waals surface area contributed by atoms with E-state index in [-0.39, 0.29) is 38.8 Å². The average molecular weight is 511 g/mol. The Kier molecular flexibility index (Phi) is 10.6. The number of aryl methyl sites for hydroxylation is 4. The second kappa shape index (κ2) is 12.4. The maximum absolute atomic E-state index is 13.4. The van der Waals surface area contributed by atoms with Crippen molar-refractivity contribution >= 4 is 11.6 Å². The normalized spacial score (nSPS) is 20.1. The van der Waals surface area contributed by atoms with Crippen LogP contribution in [0.25, 0.3) is 0 Å². The van der Waals surface area contributed by atoms with Gasteiger partial charge in [0.2, 0.25) is 0 Å². The van der Waals surface area contributed by atoms with Gasteiger partial charge in [0, 0.05) is 51.4 Å². The molecule has 2 heterocycles. The van der Waals surface area contributed by atoms with Crippen LogP contribution in [-0.4, -0.2) is 42.6 Å². The molecule has 1 unspecified atom stereocenters. The quantitative estimate of drug-likeness (QED) is 0.456. The first kappa shape index (κ1) is 27.2. The Morgan fingerprint density at radius 1 is 0.875 bits per heavy atom. The van der Waals surface area contributed by atoms with Gasteiger partial charge >= 0.3 is 0 Å². The molecule has 1 radical (unpaired) electrons. The van der Waals surface area contributed by atoms with E-state index in [2.05, 4.69) is 63.8 Å². The van der Waals surface area contributed by atoms with Gasteiger partial charge in [-0.15, -0.1) is 0 Å². The summed E-state index contributed by atoms with van der Waals surface area (Å²) in [5, 5.41) is 0. The van der Waals surface area contributed by atoms with Gasteiger partial charge in [0.25, 0.3) is 5.91 Å². The van der Waals surface area contributed by atoms with Gasteiger partial charge in [-0.1, -0.05) is 53.6 Å². The fourth-order valence-electron chi connectivity index (χ4n) is 5.69. The van der Waals surface area contributed by atoms with Gasteiger partial charge < -0.3 is 9.38 Å². The standard InChI is InChI=1S/C21H33N2O.C7H8.Y/c1-5-23(12-8-6-7-9-13-23)19-10-11-22(21(19)24)20-17(3)14-16(2)15-18(20)4;1-7-5-3-2-4-6-7;/h14-15,19H,5-13H2,1-4H3;2-6H,1H3;/q+1;;. The largest absolute Gasteiger partial charge is 0.314 e. The van der Waals surface area contributed by atoms with E-state index in [1.165, 1.54) is 61.0 Å². The van der Waals surface area contributed by atoms with Gasteiger partial charge in [0.15, 0.2) is 6.04 Å².